The lowest BCUT2D eigenvalue weighted by atomic mass is 10.1. The molecule has 2 N–H and O–H groups in total. The Morgan fingerprint density at radius 1 is 1.05 bits per heavy atom. The molecule has 2 aliphatic rings. The zero-order valence-electron chi connectivity index (χ0n) is 18.5. The molecule has 1 saturated heterocycles. The van der Waals surface area contributed by atoms with E-state index in [4.69, 9.17) is 74.4 Å². The van der Waals surface area contributed by atoms with Gasteiger partial charge in [-0.1, -0.05) is 46.4 Å². The fourth-order valence-electron chi connectivity index (χ4n) is 3.92. The second-order valence-electron chi connectivity index (χ2n) is 8.42. The van der Waals surface area contributed by atoms with E-state index in [1.165, 1.54) is 30.3 Å². The van der Waals surface area contributed by atoms with Crippen molar-refractivity contribution < 1.29 is 32.4 Å². The number of anilines is 1. The van der Waals surface area contributed by atoms with Gasteiger partial charge in [-0.25, -0.2) is 5.06 Å². The van der Waals surface area contributed by atoms with Gasteiger partial charge in [0.2, 0.25) is 5.91 Å². The summed E-state index contributed by atoms with van der Waals surface area (Å²) in [5, 5.41) is 5.41. The minimum Gasteiger partial charge on any atom is -0.338 e. The smallest absolute Gasteiger partial charge is 0.338 e. The second-order valence-corrected chi connectivity index (χ2v) is 11.5. The number of carbonyl (C=O) groups excluding carboxylic acids is 3. The lowest BCUT2D eigenvalue weighted by Gasteiger charge is -2.16. The monoisotopic (exact) mass is 651 g/mol. The number of nitrogens with zero attached hydrogens (tertiary/aromatic N) is 1. The molecule has 3 unspecified atom stereocenters. The van der Waals surface area contributed by atoms with Crippen LogP contribution in [0.4, 0.5) is 18.9 Å². The zero-order chi connectivity index (χ0) is 28.2. The molecule has 2 fully saturated rings. The van der Waals surface area contributed by atoms with Crippen molar-refractivity contribution in [2.45, 2.75) is 22.5 Å². The molecule has 1 heterocycles. The van der Waals surface area contributed by atoms with Crippen molar-refractivity contribution in [1.29, 1.82) is 0 Å². The first kappa shape index (κ1) is 29.3. The largest absolute Gasteiger partial charge is 0.408 e. The molecule has 38 heavy (non-hydrogen) atoms. The fraction of sp³-hybridized carbons (Fsp3) is 0.318. The molecule has 3 atom stereocenters. The number of rotatable bonds is 6. The maximum atomic E-state index is 13.0. The Kier molecular flexibility index (Phi) is 8.28. The summed E-state index contributed by atoms with van der Waals surface area (Å²) in [6.45, 7) is -2.12. The van der Waals surface area contributed by atoms with E-state index in [0.717, 1.165) is 0 Å². The third kappa shape index (κ3) is 6.06. The van der Waals surface area contributed by atoms with Gasteiger partial charge in [0.05, 0.1) is 31.6 Å². The van der Waals surface area contributed by atoms with Crippen molar-refractivity contribution in [3.8, 4) is 0 Å². The van der Waals surface area contributed by atoms with Crippen LogP contribution in [-0.4, -0.2) is 52.5 Å². The average molecular weight is 654 g/mol. The predicted molar refractivity (Wildman–Crippen MR) is 137 cm³/mol. The van der Waals surface area contributed by atoms with Gasteiger partial charge in [-0.15, -0.1) is 23.2 Å². The molecule has 1 saturated carbocycles. The maximum absolute atomic E-state index is 13.0. The predicted octanol–water partition coefficient (Wildman–Crippen LogP) is 6.26. The van der Waals surface area contributed by atoms with Gasteiger partial charge in [0.15, 0.2) is 0 Å². The summed E-state index contributed by atoms with van der Waals surface area (Å²) < 4.78 is 36.2. The van der Waals surface area contributed by atoms with Crippen molar-refractivity contribution in [2.75, 3.05) is 18.5 Å². The van der Waals surface area contributed by atoms with Crippen molar-refractivity contribution in [3.63, 3.8) is 0 Å². The van der Waals surface area contributed by atoms with E-state index in [1.54, 1.807) is 0 Å². The minimum atomic E-state index is -4.68. The second kappa shape index (κ2) is 10.7. The number of amides is 3. The van der Waals surface area contributed by atoms with Crippen LogP contribution in [0.2, 0.25) is 20.1 Å². The first-order valence-electron chi connectivity index (χ1n) is 10.5. The Morgan fingerprint density at radius 3 is 2.29 bits per heavy atom. The summed E-state index contributed by atoms with van der Waals surface area (Å²) in [5.41, 5.74) is 0.478. The SMILES string of the molecule is O=C(NC1CON(CC(F)(F)F)C1=O)c1cc(NC(=O)C2C(c3cc(Cl)c(Cl)c(Cl)c3)C2(Cl)Cl)ccc1Cl. The maximum Gasteiger partial charge on any atom is 0.408 e. The van der Waals surface area contributed by atoms with Gasteiger partial charge in [0, 0.05) is 11.6 Å². The molecule has 2 aromatic carbocycles. The molecule has 2 aromatic rings. The number of halogens is 9. The third-order valence-electron chi connectivity index (χ3n) is 5.75. The van der Waals surface area contributed by atoms with E-state index in [1.807, 2.05) is 0 Å². The Labute approximate surface area is 243 Å². The van der Waals surface area contributed by atoms with Crippen LogP contribution < -0.4 is 10.6 Å². The highest BCUT2D eigenvalue weighted by Crippen LogP contribution is 2.65. The number of alkyl halides is 5. The van der Waals surface area contributed by atoms with Gasteiger partial charge in [-0.05, 0) is 35.9 Å². The molecular formula is C22H14Cl6F3N3O4. The van der Waals surface area contributed by atoms with E-state index < -0.39 is 59.3 Å². The number of hydrogen-bond acceptors (Lipinski definition) is 4. The van der Waals surface area contributed by atoms with Crippen molar-refractivity contribution in [2.24, 2.45) is 5.92 Å². The molecule has 7 nitrogen and oxygen atoms in total. The molecule has 0 bridgehead atoms. The molecule has 204 valence electrons. The fourth-order valence-corrected chi connectivity index (χ4v) is 5.56. The lowest BCUT2D eigenvalue weighted by Crippen LogP contribution is -2.44. The van der Waals surface area contributed by atoms with Crippen LogP contribution in [0.3, 0.4) is 0 Å². The topological polar surface area (TPSA) is 87.7 Å². The molecule has 0 radical (unpaired) electrons. The van der Waals surface area contributed by atoms with Crippen LogP contribution in [-0.2, 0) is 14.4 Å². The Bertz CT molecular complexity index is 1300. The summed E-state index contributed by atoms with van der Waals surface area (Å²) >= 11 is 37.0. The van der Waals surface area contributed by atoms with E-state index in [0.29, 0.717) is 5.56 Å². The van der Waals surface area contributed by atoms with Gasteiger partial charge in [0.1, 0.15) is 23.5 Å². The van der Waals surface area contributed by atoms with E-state index in [-0.39, 0.29) is 36.4 Å². The molecule has 1 aliphatic carbocycles. The highest BCUT2D eigenvalue weighted by Gasteiger charge is 2.67. The Balaban J connectivity index is 1.45. The van der Waals surface area contributed by atoms with E-state index in [2.05, 4.69) is 10.6 Å². The quantitative estimate of drug-likeness (QED) is 0.285. The van der Waals surface area contributed by atoms with Crippen molar-refractivity contribution in [1.82, 2.24) is 10.4 Å². The molecule has 16 heteroatoms. The van der Waals surface area contributed by atoms with Crippen LogP contribution in [0.25, 0.3) is 0 Å². The first-order valence-corrected chi connectivity index (χ1v) is 12.8. The summed E-state index contributed by atoms with van der Waals surface area (Å²) in [5.74, 6) is -4.11. The summed E-state index contributed by atoms with van der Waals surface area (Å²) in [6, 6.07) is 5.58. The summed E-state index contributed by atoms with van der Waals surface area (Å²) in [7, 11) is 0. The average Bonchev–Trinajstić information content (AvgIpc) is 3.26. The molecule has 0 aromatic heterocycles. The van der Waals surface area contributed by atoms with Gasteiger partial charge < -0.3 is 10.6 Å². The third-order valence-corrected chi connectivity index (χ3v) is 8.22. The van der Waals surface area contributed by atoms with E-state index >= 15 is 0 Å². The van der Waals surface area contributed by atoms with Gasteiger partial charge in [-0.2, -0.15) is 13.2 Å². The van der Waals surface area contributed by atoms with Gasteiger partial charge in [0.25, 0.3) is 11.8 Å². The van der Waals surface area contributed by atoms with Crippen LogP contribution in [0.1, 0.15) is 21.8 Å². The van der Waals surface area contributed by atoms with Crippen molar-refractivity contribution in [3.05, 3.63) is 61.5 Å². The van der Waals surface area contributed by atoms with Gasteiger partial charge >= 0.3 is 6.18 Å². The highest BCUT2D eigenvalue weighted by atomic mass is 35.5. The lowest BCUT2D eigenvalue weighted by molar-refractivity contribution is -0.214. The molecule has 1 aliphatic heterocycles. The number of benzene rings is 2. The minimum absolute atomic E-state index is 0.0437. The van der Waals surface area contributed by atoms with Crippen LogP contribution >= 0.6 is 69.6 Å². The summed E-state index contributed by atoms with van der Waals surface area (Å²) in [6.07, 6.45) is -4.68. The van der Waals surface area contributed by atoms with Crippen LogP contribution in [0, 0.1) is 5.92 Å². The van der Waals surface area contributed by atoms with Gasteiger partial charge in [-0.3, -0.25) is 19.2 Å². The van der Waals surface area contributed by atoms with Crippen LogP contribution in [0.15, 0.2) is 30.3 Å². The zero-order valence-corrected chi connectivity index (χ0v) is 23.1. The first-order chi connectivity index (χ1) is 17.6. The van der Waals surface area contributed by atoms with Crippen molar-refractivity contribution >= 4 is 93.0 Å². The molecule has 3 amide bonds. The molecular weight excluding hydrogens is 640 g/mol. The molecule has 0 spiro atoms. The van der Waals surface area contributed by atoms with Crippen LogP contribution in [0.5, 0.6) is 0 Å². The Hall–Kier alpha value is -1.66. The van der Waals surface area contributed by atoms with E-state index in [9.17, 15) is 27.6 Å². The standard InChI is InChI=1S/C22H14Cl6F3N3O4/c23-11-2-1-9(5-10(11)18(35)33-14-6-38-34(20(14)37)7-21(29,30)31)32-19(36)16-15(22(16,27)28)8-3-12(24)17(26)13(25)4-8/h1-5,14-16H,6-7H2,(H,32,36)(H,33,35). The number of hydrogen-bond donors (Lipinski definition) is 2. The summed E-state index contributed by atoms with van der Waals surface area (Å²) in [4.78, 5) is 42.6. The number of nitrogens with one attached hydrogen (secondary N) is 2. The highest BCUT2D eigenvalue weighted by molar-refractivity contribution is 6.54. The number of hydroxylamine groups is 2. The Morgan fingerprint density at radius 2 is 1.68 bits per heavy atom. The molecule has 4 rings (SSSR count). The number of carbonyl (C=O) groups is 3. The normalized spacial score (nSPS) is 22.4.